The van der Waals surface area contributed by atoms with E-state index in [9.17, 15) is 26.7 Å². The number of hydrogen-bond donors (Lipinski definition) is 1. The predicted octanol–water partition coefficient (Wildman–Crippen LogP) is 2.67. The van der Waals surface area contributed by atoms with Gasteiger partial charge in [-0.3, -0.25) is 4.79 Å². The van der Waals surface area contributed by atoms with E-state index >= 15 is 0 Å². The highest BCUT2D eigenvalue weighted by Gasteiger charge is 2.77. The quantitative estimate of drug-likeness (QED) is 0.322. The van der Waals surface area contributed by atoms with E-state index in [0.29, 0.717) is 6.42 Å². The van der Waals surface area contributed by atoms with Crippen molar-refractivity contribution in [3.05, 3.63) is 0 Å². The van der Waals surface area contributed by atoms with Gasteiger partial charge in [0.05, 0.1) is 12.5 Å². The highest BCUT2D eigenvalue weighted by Crippen LogP contribution is 2.51. The fourth-order valence-electron chi connectivity index (χ4n) is 1.59. The Morgan fingerprint density at radius 2 is 2.00 bits per heavy atom. The Kier molecular flexibility index (Phi) is 5.16. The third-order valence-electron chi connectivity index (χ3n) is 3.35. The van der Waals surface area contributed by atoms with Crippen LogP contribution in [0.5, 0.6) is 0 Å². The second-order valence-corrected chi connectivity index (χ2v) is 7.30. The Labute approximate surface area is 131 Å². The van der Waals surface area contributed by atoms with Crippen molar-refractivity contribution >= 4 is 28.6 Å². The predicted molar refractivity (Wildman–Crippen MR) is 69.1 cm³/mol. The van der Waals surface area contributed by atoms with E-state index in [-0.39, 0.29) is 0 Å². The summed E-state index contributed by atoms with van der Waals surface area (Å²) in [5.74, 6) is -12.1. The SMILES string of the molecule is CCC(C)(I)C(=O)OCC1COC(O)(C(F)(F)F)C1(F)F. The van der Waals surface area contributed by atoms with Gasteiger partial charge in [0.15, 0.2) is 0 Å². The molecule has 1 fully saturated rings. The van der Waals surface area contributed by atoms with E-state index in [1.165, 1.54) is 6.92 Å². The number of carbonyl (C=O) groups excluding carboxylic acids is 1. The first-order chi connectivity index (χ1) is 9.29. The third kappa shape index (κ3) is 3.26. The second kappa shape index (κ2) is 5.76. The van der Waals surface area contributed by atoms with Gasteiger partial charge < -0.3 is 14.6 Å². The molecule has 0 radical (unpaired) electrons. The van der Waals surface area contributed by atoms with Crippen LogP contribution in [0.15, 0.2) is 0 Å². The van der Waals surface area contributed by atoms with Crippen LogP contribution in [0, 0.1) is 5.92 Å². The topological polar surface area (TPSA) is 55.8 Å². The van der Waals surface area contributed by atoms with Crippen molar-refractivity contribution in [2.24, 2.45) is 5.92 Å². The molecule has 1 saturated heterocycles. The van der Waals surface area contributed by atoms with E-state index < -0.39 is 46.4 Å². The Balaban J connectivity index is 2.78. The number of ether oxygens (including phenoxy) is 2. The number of esters is 1. The standard InChI is InChI=1S/C11H14F5IO4/c1-3-8(2,17)7(18)20-4-6-5-21-10(19,9(6,12)13)11(14,15)16/h6,19H,3-5H2,1-2H3. The van der Waals surface area contributed by atoms with Crippen LogP contribution in [-0.2, 0) is 14.3 Å². The van der Waals surface area contributed by atoms with E-state index in [2.05, 4.69) is 9.47 Å². The van der Waals surface area contributed by atoms with Gasteiger partial charge in [-0.05, 0) is 13.3 Å². The summed E-state index contributed by atoms with van der Waals surface area (Å²) in [7, 11) is 0. The summed E-state index contributed by atoms with van der Waals surface area (Å²) >= 11 is 1.76. The monoisotopic (exact) mass is 432 g/mol. The average molecular weight is 432 g/mol. The van der Waals surface area contributed by atoms with Gasteiger partial charge in [0.1, 0.15) is 10.0 Å². The van der Waals surface area contributed by atoms with Crippen LogP contribution in [0.4, 0.5) is 22.0 Å². The highest BCUT2D eigenvalue weighted by atomic mass is 127. The molecule has 1 heterocycles. The summed E-state index contributed by atoms with van der Waals surface area (Å²) in [6.45, 7) is 1.14. The van der Waals surface area contributed by atoms with Gasteiger partial charge in [-0.15, -0.1) is 0 Å². The lowest BCUT2D eigenvalue weighted by Gasteiger charge is -2.31. The molecule has 0 bridgehead atoms. The number of aliphatic hydroxyl groups is 1. The molecule has 124 valence electrons. The van der Waals surface area contributed by atoms with Crippen LogP contribution in [0.3, 0.4) is 0 Å². The molecule has 0 aromatic heterocycles. The van der Waals surface area contributed by atoms with Crippen LogP contribution in [0.2, 0.25) is 0 Å². The fourth-order valence-corrected chi connectivity index (χ4v) is 1.75. The molecular formula is C11H14F5IO4. The Morgan fingerprint density at radius 3 is 2.38 bits per heavy atom. The van der Waals surface area contributed by atoms with Gasteiger partial charge in [0.25, 0.3) is 0 Å². The molecule has 0 aromatic carbocycles. The lowest BCUT2D eigenvalue weighted by molar-refractivity contribution is -0.404. The van der Waals surface area contributed by atoms with Crippen molar-refractivity contribution in [3.8, 4) is 0 Å². The molecule has 1 N–H and O–H groups in total. The molecule has 3 atom stereocenters. The van der Waals surface area contributed by atoms with Gasteiger partial charge in [0.2, 0.25) is 0 Å². The maximum Gasteiger partial charge on any atom is 0.449 e. The van der Waals surface area contributed by atoms with Gasteiger partial charge >= 0.3 is 23.9 Å². The maximum absolute atomic E-state index is 13.7. The maximum atomic E-state index is 13.7. The Hall–Kier alpha value is -0.230. The minimum atomic E-state index is -5.66. The number of alkyl halides is 6. The lowest BCUT2D eigenvalue weighted by atomic mass is 9.98. The number of rotatable bonds is 4. The number of halogens is 6. The highest BCUT2D eigenvalue weighted by molar-refractivity contribution is 14.1. The molecule has 0 amide bonds. The largest absolute Gasteiger partial charge is 0.464 e. The van der Waals surface area contributed by atoms with Crippen LogP contribution < -0.4 is 0 Å². The van der Waals surface area contributed by atoms with Crippen molar-refractivity contribution in [1.82, 2.24) is 0 Å². The minimum absolute atomic E-state index is 0.358. The summed E-state index contributed by atoms with van der Waals surface area (Å²) in [6.07, 6.45) is -5.30. The first-order valence-corrected chi connectivity index (χ1v) is 7.04. The molecule has 1 aliphatic heterocycles. The normalized spacial score (nSPS) is 31.8. The van der Waals surface area contributed by atoms with E-state index in [4.69, 9.17) is 5.11 Å². The smallest absolute Gasteiger partial charge is 0.449 e. The molecule has 0 aliphatic carbocycles. The van der Waals surface area contributed by atoms with Gasteiger partial charge in [-0.25, -0.2) is 0 Å². The first-order valence-electron chi connectivity index (χ1n) is 5.96. The molecule has 3 unspecified atom stereocenters. The second-order valence-electron chi connectivity index (χ2n) is 4.92. The molecule has 21 heavy (non-hydrogen) atoms. The van der Waals surface area contributed by atoms with Crippen LogP contribution in [-0.4, -0.2) is 45.6 Å². The Morgan fingerprint density at radius 1 is 1.48 bits per heavy atom. The van der Waals surface area contributed by atoms with Gasteiger partial charge in [-0.1, -0.05) is 29.5 Å². The molecule has 0 saturated carbocycles. The van der Waals surface area contributed by atoms with Crippen molar-refractivity contribution < 1.29 is 41.3 Å². The zero-order chi connectivity index (χ0) is 16.7. The van der Waals surface area contributed by atoms with E-state index in [0.717, 1.165) is 0 Å². The van der Waals surface area contributed by atoms with Crippen LogP contribution in [0.25, 0.3) is 0 Å². The summed E-state index contributed by atoms with van der Waals surface area (Å²) in [5.41, 5.74) is 0. The molecule has 0 spiro atoms. The van der Waals surface area contributed by atoms with Crippen LogP contribution >= 0.6 is 22.6 Å². The third-order valence-corrected chi connectivity index (χ3v) is 4.55. The molecular weight excluding hydrogens is 418 g/mol. The fraction of sp³-hybridized carbons (Fsp3) is 0.909. The number of hydrogen-bond acceptors (Lipinski definition) is 4. The first kappa shape index (κ1) is 18.8. The number of carbonyl (C=O) groups is 1. The van der Waals surface area contributed by atoms with Crippen molar-refractivity contribution in [2.75, 3.05) is 13.2 Å². The molecule has 4 nitrogen and oxygen atoms in total. The van der Waals surface area contributed by atoms with Crippen molar-refractivity contribution in [2.45, 2.75) is 41.6 Å². The van der Waals surface area contributed by atoms with E-state index in [1.54, 1.807) is 29.5 Å². The summed E-state index contributed by atoms with van der Waals surface area (Å²) in [4.78, 5) is 11.6. The zero-order valence-electron chi connectivity index (χ0n) is 11.1. The zero-order valence-corrected chi connectivity index (χ0v) is 13.3. The van der Waals surface area contributed by atoms with Gasteiger partial charge in [0, 0.05) is 0 Å². The van der Waals surface area contributed by atoms with Crippen LogP contribution in [0.1, 0.15) is 20.3 Å². The van der Waals surface area contributed by atoms with Crippen molar-refractivity contribution in [1.29, 1.82) is 0 Å². The molecule has 0 aromatic rings. The molecule has 1 aliphatic rings. The van der Waals surface area contributed by atoms with Crippen molar-refractivity contribution in [3.63, 3.8) is 0 Å². The summed E-state index contributed by atoms with van der Waals surface area (Å²) < 4.78 is 72.4. The van der Waals surface area contributed by atoms with E-state index in [1.807, 2.05) is 0 Å². The summed E-state index contributed by atoms with van der Waals surface area (Å²) in [5, 5.41) is 9.06. The lowest BCUT2D eigenvalue weighted by Crippen LogP contribution is -2.58. The Bertz CT molecular complexity index is 412. The summed E-state index contributed by atoms with van der Waals surface area (Å²) in [6, 6.07) is 0. The molecule has 10 heteroatoms. The molecule has 1 rings (SSSR count). The minimum Gasteiger partial charge on any atom is -0.464 e. The average Bonchev–Trinajstić information content (AvgIpc) is 2.58. The van der Waals surface area contributed by atoms with Gasteiger partial charge in [-0.2, -0.15) is 22.0 Å².